The van der Waals surface area contributed by atoms with Gasteiger partial charge in [0, 0.05) is 30.7 Å². The lowest BCUT2D eigenvalue weighted by Crippen LogP contribution is -2.01. The van der Waals surface area contributed by atoms with Gasteiger partial charge in [0.1, 0.15) is 5.82 Å². The van der Waals surface area contributed by atoms with Crippen molar-refractivity contribution in [2.45, 2.75) is 6.54 Å². The van der Waals surface area contributed by atoms with Crippen molar-refractivity contribution in [3.05, 3.63) is 64.2 Å². The summed E-state index contributed by atoms with van der Waals surface area (Å²) in [5, 5.41) is 13.5. The summed E-state index contributed by atoms with van der Waals surface area (Å²) >= 11 is 0. The molecule has 5 nitrogen and oxygen atoms in total. The van der Waals surface area contributed by atoms with Crippen LogP contribution < -0.4 is 5.32 Å². The number of nitrogens with one attached hydrogen (secondary N) is 1. The van der Waals surface area contributed by atoms with Gasteiger partial charge < -0.3 is 5.32 Å². The van der Waals surface area contributed by atoms with Crippen molar-refractivity contribution in [3.8, 4) is 0 Å². The van der Waals surface area contributed by atoms with Crippen molar-refractivity contribution in [1.29, 1.82) is 0 Å². The molecular weight excluding hydrogens is 237 g/mol. The van der Waals surface area contributed by atoms with Crippen LogP contribution in [0.2, 0.25) is 0 Å². The summed E-state index contributed by atoms with van der Waals surface area (Å²) in [6.07, 6.45) is 3.32. The zero-order chi connectivity index (χ0) is 13.0. The average Bonchev–Trinajstić information content (AvgIpc) is 2.37. The third kappa shape index (κ3) is 3.00. The Balaban J connectivity index is 2.12. The topological polar surface area (TPSA) is 68.1 Å². The molecule has 92 valence electrons. The second kappa shape index (κ2) is 5.22. The molecule has 0 bridgehead atoms. The lowest BCUT2D eigenvalue weighted by molar-refractivity contribution is -0.385. The second-order valence-corrected chi connectivity index (χ2v) is 3.67. The minimum atomic E-state index is -0.641. The van der Waals surface area contributed by atoms with Crippen LogP contribution in [-0.2, 0) is 6.54 Å². The lowest BCUT2D eigenvalue weighted by atomic mass is 10.2. The smallest absolute Gasteiger partial charge is 0.274 e. The molecule has 18 heavy (non-hydrogen) atoms. The summed E-state index contributed by atoms with van der Waals surface area (Å²) in [7, 11) is 0. The van der Waals surface area contributed by atoms with E-state index >= 15 is 0 Å². The minimum Gasteiger partial charge on any atom is -0.381 e. The van der Waals surface area contributed by atoms with E-state index in [1.165, 1.54) is 12.1 Å². The van der Waals surface area contributed by atoms with Crippen molar-refractivity contribution in [1.82, 2.24) is 4.98 Å². The van der Waals surface area contributed by atoms with E-state index in [0.717, 1.165) is 11.6 Å². The Kier molecular flexibility index (Phi) is 3.47. The van der Waals surface area contributed by atoms with Gasteiger partial charge in [-0.1, -0.05) is 6.07 Å². The highest BCUT2D eigenvalue weighted by atomic mass is 19.1. The van der Waals surface area contributed by atoms with Gasteiger partial charge in [-0.2, -0.15) is 0 Å². The van der Waals surface area contributed by atoms with Crippen molar-refractivity contribution in [2.75, 3.05) is 5.32 Å². The standard InChI is InChI=1S/C12H10FN3O2/c13-10-4-11(6-12(5-10)16(17)18)15-8-9-2-1-3-14-7-9/h1-7,15H,8H2. The Morgan fingerprint density at radius 1 is 1.39 bits per heavy atom. The monoisotopic (exact) mass is 247 g/mol. The van der Waals surface area contributed by atoms with E-state index in [0.29, 0.717) is 12.2 Å². The Labute approximate surface area is 102 Å². The third-order valence-electron chi connectivity index (χ3n) is 2.31. The Hall–Kier alpha value is -2.50. The molecule has 0 atom stereocenters. The van der Waals surface area contributed by atoms with Gasteiger partial charge in [0.2, 0.25) is 0 Å². The molecule has 0 radical (unpaired) electrons. The van der Waals surface area contributed by atoms with Gasteiger partial charge >= 0.3 is 0 Å². The fraction of sp³-hybridized carbons (Fsp3) is 0.0833. The molecule has 0 unspecified atom stereocenters. The van der Waals surface area contributed by atoms with E-state index in [2.05, 4.69) is 10.3 Å². The second-order valence-electron chi connectivity index (χ2n) is 3.67. The molecule has 0 amide bonds. The molecule has 1 aromatic heterocycles. The van der Waals surface area contributed by atoms with Crippen molar-refractivity contribution in [2.24, 2.45) is 0 Å². The molecule has 0 saturated heterocycles. The van der Waals surface area contributed by atoms with Gasteiger partial charge in [-0.25, -0.2) is 4.39 Å². The van der Waals surface area contributed by atoms with Crippen LogP contribution in [0.3, 0.4) is 0 Å². The van der Waals surface area contributed by atoms with Gasteiger partial charge in [-0.05, 0) is 17.7 Å². The van der Waals surface area contributed by atoms with Crippen molar-refractivity contribution < 1.29 is 9.31 Å². The Morgan fingerprint density at radius 3 is 2.89 bits per heavy atom. The number of pyridine rings is 1. The lowest BCUT2D eigenvalue weighted by Gasteiger charge is -2.06. The molecule has 0 saturated carbocycles. The molecule has 0 fully saturated rings. The number of halogens is 1. The fourth-order valence-electron chi connectivity index (χ4n) is 1.49. The number of rotatable bonds is 4. The van der Waals surface area contributed by atoms with Gasteiger partial charge in [0.05, 0.1) is 11.0 Å². The van der Waals surface area contributed by atoms with Gasteiger partial charge in [-0.15, -0.1) is 0 Å². The predicted molar refractivity (Wildman–Crippen MR) is 64.6 cm³/mol. The summed E-state index contributed by atoms with van der Waals surface area (Å²) in [5.74, 6) is -0.641. The summed E-state index contributed by atoms with van der Waals surface area (Å²) in [5.41, 5.74) is 0.999. The van der Waals surface area contributed by atoms with E-state index < -0.39 is 10.7 Å². The molecule has 1 N–H and O–H groups in total. The maximum atomic E-state index is 13.2. The zero-order valence-electron chi connectivity index (χ0n) is 9.34. The summed E-state index contributed by atoms with van der Waals surface area (Å²) < 4.78 is 13.2. The molecule has 0 aliphatic heterocycles. The molecule has 0 aliphatic carbocycles. The van der Waals surface area contributed by atoms with Crippen LogP contribution in [0.25, 0.3) is 0 Å². The number of nitro benzene ring substituents is 1. The number of nitro groups is 1. The summed E-state index contributed by atoms with van der Waals surface area (Å²) in [4.78, 5) is 13.9. The number of aromatic nitrogens is 1. The van der Waals surface area contributed by atoms with Crippen molar-refractivity contribution >= 4 is 11.4 Å². The number of benzene rings is 1. The van der Waals surface area contributed by atoms with Crippen molar-refractivity contribution in [3.63, 3.8) is 0 Å². The first kappa shape index (κ1) is 12.0. The predicted octanol–water partition coefficient (Wildman–Crippen LogP) is 2.74. The molecule has 2 rings (SSSR count). The third-order valence-corrected chi connectivity index (χ3v) is 2.31. The zero-order valence-corrected chi connectivity index (χ0v) is 9.34. The van der Waals surface area contributed by atoms with E-state index in [9.17, 15) is 14.5 Å². The molecule has 1 aromatic carbocycles. The molecule has 0 aliphatic rings. The number of hydrogen-bond donors (Lipinski definition) is 1. The van der Waals surface area contributed by atoms with E-state index in [-0.39, 0.29) is 5.69 Å². The highest BCUT2D eigenvalue weighted by Gasteiger charge is 2.09. The maximum absolute atomic E-state index is 13.2. The first-order chi connectivity index (χ1) is 8.65. The largest absolute Gasteiger partial charge is 0.381 e. The van der Waals surface area contributed by atoms with Crippen LogP contribution in [0.1, 0.15) is 5.56 Å². The van der Waals surface area contributed by atoms with Crippen LogP contribution in [0.5, 0.6) is 0 Å². The van der Waals surface area contributed by atoms with Crippen LogP contribution in [0.15, 0.2) is 42.7 Å². The number of anilines is 1. The first-order valence-electron chi connectivity index (χ1n) is 5.23. The average molecular weight is 247 g/mol. The Morgan fingerprint density at radius 2 is 2.22 bits per heavy atom. The number of nitrogens with zero attached hydrogens (tertiary/aromatic N) is 2. The van der Waals surface area contributed by atoms with E-state index in [1.807, 2.05) is 6.07 Å². The van der Waals surface area contributed by atoms with Crippen LogP contribution in [0.4, 0.5) is 15.8 Å². The highest BCUT2D eigenvalue weighted by Crippen LogP contribution is 2.20. The summed E-state index contributed by atoms with van der Waals surface area (Å²) in [6.45, 7) is 0.425. The fourth-order valence-corrected chi connectivity index (χ4v) is 1.49. The Bertz CT molecular complexity index is 561. The minimum absolute atomic E-state index is 0.274. The molecule has 6 heteroatoms. The maximum Gasteiger partial charge on any atom is 0.274 e. The number of hydrogen-bond acceptors (Lipinski definition) is 4. The van der Waals surface area contributed by atoms with Gasteiger partial charge in [0.25, 0.3) is 5.69 Å². The van der Waals surface area contributed by atoms with Crippen LogP contribution in [0, 0.1) is 15.9 Å². The molecule has 0 spiro atoms. The normalized spacial score (nSPS) is 10.1. The van der Waals surface area contributed by atoms with E-state index in [4.69, 9.17) is 0 Å². The first-order valence-corrected chi connectivity index (χ1v) is 5.23. The SMILES string of the molecule is O=[N+]([O-])c1cc(F)cc(NCc2cccnc2)c1. The van der Waals surface area contributed by atoms with Gasteiger partial charge in [-0.3, -0.25) is 15.1 Å². The van der Waals surface area contributed by atoms with Gasteiger partial charge in [0.15, 0.2) is 0 Å². The molecule has 1 heterocycles. The molecular formula is C12H10FN3O2. The number of non-ortho nitro benzene ring substituents is 1. The molecule has 2 aromatic rings. The summed E-state index contributed by atoms with van der Waals surface area (Å²) in [6, 6.07) is 7.02. The van der Waals surface area contributed by atoms with Crippen LogP contribution in [-0.4, -0.2) is 9.91 Å². The quantitative estimate of drug-likeness (QED) is 0.666. The van der Waals surface area contributed by atoms with E-state index in [1.54, 1.807) is 18.5 Å². The highest BCUT2D eigenvalue weighted by molar-refractivity contribution is 5.51. The van der Waals surface area contributed by atoms with Crippen LogP contribution >= 0.6 is 0 Å².